The molecule has 0 aliphatic carbocycles. The molecule has 0 spiro atoms. The molecule has 1 amide bonds. The van der Waals surface area contributed by atoms with Gasteiger partial charge in [-0.25, -0.2) is 0 Å². The molecule has 6 heteroatoms. The molecule has 0 aromatic heterocycles. The number of Topliss-reactive ketones (excluding diaryl/α,β-unsaturated/α-hetero) is 1. The molecule has 0 saturated carbocycles. The molecule has 1 N–H and O–H groups in total. The highest BCUT2D eigenvalue weighted by Gasteiger charge is 2.13. The molecule has 0 atom stereocenters. The van der Waals surface area contributed by atoms with E-state index >= 15 is 0 Å². The third-order valence-corrected chi connectivity index (χ3v) is 4.95. The Labute approximate surface area is 163 Å². The highest BCUT2D eigenvalue weighted by molar-refractivity contribution is 7.98. The molecule has 0 radical (unpaired) electrons. The number of hydrogen-bond donors (Lipinski definition) is 1. The molecular weight excluding hydrogens is 362 g/mol. The fraction of sp³-hybridized carbons (Fsp3) is 0.286. The van der Waals surface area contributed by atoms with Crippen molar-refractivity contribution in [3.8, 4) is 0 Å². The van der Waals surface area contributed by atoms with E-state index in [-0.39, 0.29) is 25.2 Å². The van der Waals surface area contributed by atoms with Gasteiger partial charge in [-0.05, 0) is 49.4 Å². The molecule has 0 aliphatic heterocycles. The predicted molar refractivity (Wildman–Crippen MR) is 107 cm³/mol. The summed E-state index contributed by atoms with van der Waals surface area (Å²) in [5, 5.41) is 2.72. The second-order valence-corrected chi connectivity index (χ2v) is 6.99. The van der Waals surface area contributed by atoms with Gasteiger partial charge < -0.3 is 10.1 Å². The SMILES string of the molecule is CSc1ccc(C(=O)CCC(=O)OCC(=O)Nc2cccc(C)c2C)cc1. The van der Waals surface area contributed by atoms with Gasteiger partial charge in [0.15, 0.2) is 12.4 Å². The van der Waals surface area contributed by atoms with Crippen LogP contribution in [0.5, 0.6) is 0 Å². The van der Waals surface area contributed by atoms with Crippen LogP contribution in [-0.2, 0) is 14.3 Å². The highest BCUT2D eigenvalue weighted by atomic mass is 32.2. The quantitative estimate of drug-likeness (QED) is 0.419. The van der Waals surface area contributed by atoms with Gasteiger partial charge in [0, 0.05) is 22.6 Å². The first kappa shape index (κ1) is 20.7. The number of hydrogen-bond acceptors (Lipinski definition) is 5. The smallest absolute Gasteiger partial charge is 0.306 e. The average Bonchev–Trinajstić information content (AvgIpc) is 2.68. The van der Waals surface area contributed by atoms with Crippen LogP contribution in [0.4, 0.5) is 5.69 Å². The predicted octanol–water partition coefficient (Wildman–Crippen LogP) is 4.17. The molecule has 0 fully saturated rings. The molecule has 0 aliphatic rings. The Morgan fingerprint density at radius 2 is 1.70 bits per heavy atom. The summed E-state index contributed by atoms with van der Waals surface area (Å²) in [6, 6.07) is 12.8. The summed E-state index contributed by atoms with van der Waals surface area (Å²) >= 11 is 1.60. The second kappa shape index (κ2) is 9.92. The van der Waals surface area contributed by atoms with Crippen molar-refractivity contribution in [2.75, 3.05) is 18.2 Å². The summed E-state index contributed by atoms with van der Waals surface area (Å²) in [6.07, 6.45) is 1.96. The van der Waals surface area contributed by atoms with E-state index in [2.05, 4.69) is 5.32 Å². The third kappa shape index (κ3) is 6.25. The Hall–Kier alpha value is -2.60. The zero-order chi connectivity index (χ0) is 19.8. The number of rotatable bonds is 8. The van der Waals surface area contributed by atoms with Crippen molar-refractivity contribution in [2.45, 2.75) is 31.6 Å². The largest absolute Gasteiger partial charge is 0.456 e. The lowest BCUT2D eigenvalue weighted by molar-refractivity contribution is -0.147. The van der Waals surface area contributed by atoms with E-state index in [9.17, 15) is 14.4 Å². The Kier molecular flexibility index (Phi) is 7.61. The molecule has 0 saturated heterocycles. The number of esters is 1. The number of ether oxygens (including phenoxy) is 1. The summed E-state index contributed by atoms with van der Waals surface area (Å²) < 4.78 is 4.96. The lowest BCUT2D eigenvalue weighted by Crippen LogP contribution is -2.21. The summed E-state index contributed by atoms with van der Waals surface area (Å²) in [7, 11) is 0. The van der Waals surface area contributed by atoms with Crippen molar-refractivity contribution in [2.24, 2.45) is 0 Å². The zero-order valence-electron chi connectivity index (χ0n) is 15.7. The number of aryl methyl sites for hydroxylation is 1. The van der Waals surface area contributed by atoms with Crippen molar-refractivity contribution in [1.29, 1.82) is 0 Å². The maximum Gasteiger partial charge on any atom is 0.306 e. The molecule has 2 aromatic carbocycles. The van der Waals surface area contributed by atoms with Gasteiger partial charge in [-0.15, -0.1) is 11.8 Å². The Morgan fingerprint density at radius 1 is 1.00 bits per heavy atom. The van der Waals surface area contributed by atoms with Crippen LogP contribution in [0.3, 0.4) is 0 Å². The van der Waals surface area contributed by atoms with Gasteiger partial charge in [-0.2, -0.15) is 0 Å². The summed E-state index contributed by atoms with van der Waals surface area (Å²) in [5.74, 6) is -1.10. The Bertz CT molecular complexity index is 831. The average molecular weight is 385 g/mol. The maximum absolute atomic E-state index is 12.1. The number of anilines is 1. The van der Waals surface area contributed by atoms with Gasteiger partial charge >= 0.3 is 5.97 Å². The van der Waals surface area contributed by atoms with Crippen LogP contribution in [0.2, 0.25) is 0 Å². The lowest BCUT2D eigenvalue weighted by Gasteiger charge is -2.10. The van der Waals surface area contributed by atoms with Crippen LogP contribution in [0, 0.1) is 13.8 Å². The number of amides is 1. The second-order valence-electron chi connectivity index (χ2n) is 6.11. The fourth-order valence-corrected chi connectivity index (χ4v) is 2.84. The van der Waals surface area contributed by atoms with Gasteiger partial charge in [0.05, 0.1) is 6.42 Å². The molecule has 5 nitrogen and oxygen atoms in total. The Morgan fingerprint density at radius 3 is 2.37 bits per heavy atom. The van der Waals surface area contributed by atoms with Crippen LogP contribution in [-0.4, -0.2) is 30.5 Å². The van der Waals surface area contributed by atoms with Crippen LogP contribution in [0.1, 0.15) is 34.3 Å². The van der Waals surface area contributed by atoms with Gasteiger partial charge in [0.25, 0.3) is 5.91 Å². The topological polar surface area (TPSA) is 72.5 Å². The number of carbonyl (C=O) groups excluding carboxylic acids is 3. The van der Waals surface area contributed by atoms with Gasteiger partial charge in [0.1, 0.15) is 0 Å². The highest BCUT2D eigenvalue weighted by Crippen LogP contribution is 2.18. The monoisotopic (exact) mass is 385 g/mol. The summed E-state index contributed by atoms with van der Waals surface area (Å²) in [6.45, 7) is 3.49. The molecular formula is C21H23NO4S. The molecule has 0 unspecified atom stereocenters. The normalized spacial score (nSPS) is 10.3. The van der Waals surface area contributed by atoms with Crippen molar-refractivity contribution in [3.05, 3.63) is 59.2 Å². The van der Waals surface area contributed by atoms with E-state index < -0.39 is 11.9 Å². The standard InChI is InChI=1S/C21H23NO4S/c1-14-5-4-6-18(15(14)2)22-20(24)13-26-21(25)12-11-19(23)16-7-9-17(27-3)10-8-16/h4-10H,11-13H2,1-3H3,(H,22,24). The van der Waals surface area contributed by atoms with E-state index in [0.29, 0.717) is 11.3 Å². The Balaban J connectivity index is 1.75. The summed E-state index contributed by atoms with van der Waals surface area (Å²) in [4.78, 5) is 36.9. The minimum Gasteiger partial charge on any atom is -0.456 e. The first-order chi connectivity index (χ1) is 12.9. The number of carbonyl (C=O) groups is 3. The number of benzene rings is 2. The molecule has 2 rings (SSSR count). The maximum atomic E-state index is 12.1. The first-order valence-corrected chi connectivity index (χ1v) is 9.82. The van der Waals surface area contributed by atoms with E-state index in [4.69, 9.17) is 4.74 Å². The zero-order valence-corrected chi connectivity index (χ0v) is 16.5. The molecule has 27 heavy (non-hydrogen) atoms. The van der Waals surface area contributed by atoms with Gasteiger partial charge in [0.2, 0.25) is 0 Å². The van der Waals surface area contributed by atoms with E-state index in [1.54, 1.807) is 30.0 Å². The number of ketones is 1. The number of nitrogens with one attached hydrogen (secondary N) is 1. The van der Waals surface area contributed by atoms with Crippen LogP contribution >= 0.6 is 11.8 Å². The van der Waals surface area contributed by atoms with Crippen LogP contribution in [0.15, 0.2) is 47.4 Å². The van der Waals surface area contributed by atoms with Crippen molar-refractivity contribution in [3.63, 3.8) is 0 Å². The lowest BCUT2D eigenvalue weighted by atomic mass is 10.1. The van der Waals surface area contributed by atoms with Crippen LogP contribution < -0.4 is 5.32 Å². The molecule has 142 valence electrons. The van der Waals surface area contributed by atoms with E-state index in [1.807, 2.05) is 44.4 Å². The molecule has 0 bridgehead atoms. The minimum atomic E-state index is -0.569. The van der Waals surface area contributed by atoms with Crippen LogP contribution in [0.25, 0.3) is 0 Å². The van der Waals surface area contributed by atoms with E-state index in [1.165, 1.54) is 0 Å². The van der Waals surface area contributed by atoms with Gasteiger partial charge in [-0.1, -0.05) is 24.3 Å². The van der Waals surface area contributed by atoms with Gasteiger partial charge in [-0.3, -0.25) is 14.4 Å². The van der Waals surface area contributed by atoms with E-state index in [0.717, 1.165) is 16.0 Å². The third-order valence-electron chi connectivity index (χ3n) is 4.21. The minimum absolute atomic E-state index is 0.0516. The molecule has 0 heterocycles. The van der Waals surface area contributed by atoms with Crippen molar-refractivity contribution >= 4 is 35.1 Å². The fourth-order valence-electron chi connectivity index (χ4n) is 2.43. The van der Waals surface area contributed by atoms with Crippen molar-refractivity contribution < 1.29 is 19.1 Å². The summed E-state index contributed by atoms with van der Waals surface area (Å²) in [5.41, 5.74) is 3.29. The first-order valence-electron chi connectivity index (χ1n) is 8.59. The number of thioether (sulfide) groups is 1. The van der Waals surface area contributed by atoms with Crippen molar-refractivity contribution in [1.82, 2.24) is 0 Å². The molecule has 2 aromatic rings.